The number of nitrogens with two attached hydrogens (primary N) is 6. The molecule has 0 spiro atoms. The summed E-state index contributed by atoms with van der Waals surface area (Å²) in [6.07, 6.45) is 10.0. The molecule has 0 saturated carbocycles. The number of nitrogens with one attached hydrogen (secondary N) is 6. The van der Waals surface area contributed by atoms with E-state index in [1.54, 1.807) is 0 Å². The van der Waals surface area contributed by atoms with E-state index in [9.17, 15) is 28.8 Å². The monoisotopic (exact) mass is 1110 g/mol. The van der Waals surface area contributed by atoms with Crippen LogP contribution in [0.25, 0.3) is 24.3 Å². The van der Waals surface area contributed by atoms with Crippen molar-refractivity contribution >= 4 is 59.7 Å². The van der Waals surface area contributed by atoms with Gasteiger partial charge in [-0.3, -0.25) is 38.6 Å². The van der Waals surface area contributed by atoms with Gasteiger partial charge in [0.2, 0.25) is 35.4 Å². The van der Waals surface area contributed by atoms with Gasteiger partial charge in [0.05, 0.1) is 0 Å². The molecule has 3 rings (SSSR count). The Morgan fingerprint density at radius 1 is 0.287 bits per heavy atom. The van der Waals surface area contributed by atoms with Gasteiger partial charge in [-0.1, -0.05) is 97.1 Å². The van der Waals surface area contributed by atoms with Crippen LogP contribution < -0.4 is 66.3 Å². The Balaban J connectivity index is 1.64. The van der Waals surface area contributed by atoms with Crippen LogP contribution in [0, 0.1) is 0 Å². The van der Waals surface area contributed by atoms with Crippen molar-refractivity contribution in [2.24, 2.45) is 34.4 Å². The Morgan fingerprint density at radius 2 is 0.475 bits per heavy atom. The predicted octanol–water partition coefficient (Wildman–Crippen LogP) is -0.975. The first kappa shape index (κ1) is 67.8. The summed E-state index contributed by atoms with van der Waals surface area (Å²) in [5.41, 5.74) is 39.8. The molecule has 0 aliphatic heterocycles. The number of rotatable bonds is 44. The molecule has 0 aliphatic rings. The number of benzene rings is 3. The van der Waals surface area contributed by atoms with Gasteiger partial charge in [0.25, 0.3) is 0 Å². The summed E-state index contributed by atoms with van der Waals surface area (Å²) in [4.78, 5) is 83.6. The minimum Gasteiger partial charge on any atom is -0.355 e. The molecule has 3 aromatic carbocycles. The Kier molecular flexibility index (Phi) is 36.0. The number of hydrogen-bond acceptors (Lipinski definition) is 16. The van der Waals surface area contributed by atoms with Crippen molar-refractivity contribution < 1.29 is 28.8 Å². The largest absolute Gasteiger partial charge is 0.355 e. The molecule has 0 fully saturated rings. The SMILES string of the molecule is NCCNC(=O)CCN(CCC(=O)NCCN)CCN(CCC(=O)NCCN)Cc1ccc(/C=C/c2ccc(/C=C/c3ccc(CN(CCC(=O)NCCN)CCN(CCC(=O)NCCN)CCC(=O)NCCN)cc3)cc2)cc1. The second-order valence-corrected chi connectivity index (χ2v) is 19.4. The van der Waals surface area contributed by atoms with Crippen molar-refractivity contribution in [1.29, 1.82) is 0 Å². The molecule has 0 heterocycles. The second-order valence-electron chi connectivity index (χ2n) is 19.4. The topological polar surface area (TPSA) is 344 Å². The summed E-state index contributed by atoms with van der Waals surface area (Å²) in [6.45, 7) is 11.1. The molecule has 0 atom stereocenters. The van der Waals surface area contributed by atoms with Crippen LogP contribution in [0.15, 0.2) is 72.8 Å². The number of carbonyl (C=O) groups excluding carboxylic acids is 6. The highest BCUT2D eigenvalue weighted by Gasteiger charge is 2.17. The maximum absolute atomic E-state index is 12.6. The molecule has 0 radical (unpaired) electrons. The van der Waals surface area contributed by atoms with Crippen LogP contribution in [-0.2, 0) is 41.9 Å². The van der Waals surface area contributed by atoms with Crippen molar-refractivity contribution in [3.05, 3.63) is 106 Å². The number of amides is 6. The highest BCUT2D eigenvalue weighted by Crippen LogP contribution is 2.16. The lowest BCUT2D eigenvalue weighted by Gasteiger charge is -2.28. The molecule has 0 aromatic heterocycles. The van der Waals surface area contributed by atoms with E-state index in [2.05, 4.69) is 149 Å². The van der Waals surface area contributed by atoms with Crippen LogP contribution >= 0.6 is 0 Å². The summed E-state index contributed by atoms with van der Waals surface area (Å²) in [5.74, 6) is -0.530. The van der Waals surface area contributed by atoms with E-state index in [0.717, 1.165) is 33.4 Å². The maximum atomic E-state index is 12.6. The van der Waals surface area contributed by atoms with Gasteiger partial charge in [-0.05, 0) is 33.4 Å². The zero-order valence-electron chi connectivity index (χ0n) is 47.2. The lowest BCUT2D eigenvalue weighted by molar-refractivity contribution is -0.123. The van der Waals surface area contributed by atoms with E-state index in [1.165, 1.54) is 0 Å². The first-order chi connectivity index (χ1) is 38.9. The third-order valence-electron chi connectivity index (χ3n) is 12.8. The van der Waals surface area contributed by atoms with Crippen LogP contribution in [0.3, 0.4) is 0 Å². The fourth-order valence-corrected chi connectivity index (χ4v) is 8.22. The summed E-state index contributed by atoms with van der Waals surface area (Å²) in [7, 11) is 0. The molecular weight excluding hydrogens is 1020 g/mol. The first-order valence-corrected chi connectivity index (χ1v) is 28.2. The van der Waals surface area contributed by atoms with Gasteiger partial charge in [0.1, 0.15) is 0 Å². The third kappa shape index (κ3) is 32.0. The minimum atomic E-state index is -0.0968. The molecule has 6 amide bonds. The quantitative estimate of drug-likeness (QED) is 0.0303. The molecule has 0 aliphatic carbocycles. The van der Waals surface area contributed by atoms with Crippen LogP contribution in [0.1, 0.15) is 71.9 Å². The van der Waals surface area contributed by atoms with Crippen molar-refractivity contribution in [2.45, 2.75) is 51.6 Å². The van der Waals surface area contributed by atoms with Crippen LogP contribution in [0.4, 0.5) is 0 Å². The molecule has 80 heavy (non-hydrogen) atoms. The van der Waals surface area contributed by atoms with Crippen molar-refractivity contribution in [2.75, 3.05) is 144 Å². The average molecular weight is 1110 g/mol. The Morgan fingerprint density at radius 3 is 0.688 bits per heavy atom. The molecule has 3 aromatic rings. The summed E-state index contributed by atoms with van der Waals surface area (Å²) < 4.78 is 0. The van der Waals surface area contributed by atoms with Crippen LogP contribution in [0.2, 0.25) is 0 Å². The molecule has 0 saturated heterocycles. The molecular formula is C58H94N16O6. The number of carbonyl (C=O) groups is 6. The van der Waals surface area contributed by atoms with E-state index in [4.69, 9.17) is 34.4 Å². The van der Waals surface area contributed by atoms with Gasteiger partial charge in [-0.15, -0.1) is 0 Å². The highest BCUT2D eigenvalue weighted by atomic mass is 16.2. The van der Waals surface area contributed by atoms with Crippen molar-refractivity contribution in [3.8, 4) is 0 Å². The average Bonchev–Trinajstić information content (AvgIpc) is 3.47. The zero-order valence-corrected chi connectivity index (χ0v) is 47.2. The van der Waals surface area contributed by atoms with E-state index in [1.807, 2.05) is 0 Å². The zero-order chi connectivity index (χ0) is 58.0. The Hall–Kier alpha value is -6.44. The second kappa shape index (κ2) is 42.4. The smallest absolute Gasteiger partial charge is 0.221 e. The van der Waals surface area contributed by atoms with Gasteiger partial charge in [-0.25, -0.2) is 0 Å². The van der Waals surface area contributed by atoms with E-state index < -0.39 is 0 Å². The fraction of sp³-hybridized carbons (Fsp3) is 0.517. The molecule has 18 N–H and O–H groups in total. The van der Waals surface area contributed by atoms with Gasteiger partial charge in [-0.2, -0.15) is 0 Å². The normalized spacial score (nSPS) is 11.5. The fourth-order valence-electron chi connectivity index (χ4n) is 8.22. The van der Waals surface area contributed by atoms with Crippen LogP contribution in [0.5, 0.6) is 0 Å². The lowest BCUT2D eigenvalue weighted by atomic mass is 10.1. The highest BCUT2D eigenvalue weighted by molar-refractivity contribution is 5.78. The van der Waals surface area contributed by atoms with Gasteiger partial charge in [0.15, 0.2) is 0 Å². The Labute approximate surface area is 474 Å². The lowest BCUT2D eigenvalue weighted by Crippen LogP contribution is -2.40. The summed E-state index contributed by atoms with van der Waals surface area (Å²) >= 11 is 0. The molecule has 22 heteroatoms. The van der Waals surface area contributed by atoms with E-state index in [0.29, 0.717) is 170 Å². The third-order valence-corrected chi connectivity index (χ3v) is 12.8. The molecule has 0 unspecified atom stereocenters. The standard InChI is InChI=1S/C58H94N16O6/c59-23-29-65-53(75)17-35-71(36-18-54(76)66-30-24-60)41-43-73(39-21-57(79)69-33-27-63)45-51-13-9-49(10-14-51)7-5-47-1-2-48(4-3-47)6-8-50-11-15-52(16-12-50)46-74(40-22-58(80)70-34-28-64)44-42-72(37-19-55(77)67-31-25-61)38-20-56(78)68-32-26-62/h1-16H,17-46,59-64H2,(H,65,75)(H,66,76)(H,67,77)(H,68,78)(H,69,79)(H,70,80)/b7-5+,8-6+. The summed E-state index contributed by atoms with van der Waals surface area (Å²) in [6, 6.07) is 25.0. The molecule has 22 nitrogen and oxygen atoms in total. The summed E-state index contributed by atoms with van der Waals surface area (Å²) in [5, 5.41) is 17.0. The van der Waals surface area contributed by atoms with Gasteiger partial charge in [0, 0.05) is 196 Å². The maximum Gasteiger partial charge on any atom is 0.221 e. The van der Waals surface area contributed by atoms with E-state index >= 15 is 0 Å². The van der Waals surface area contributed by atoms with Crippen LogP contribution in [-0.4, -0.2) is 199 Å². The van der Waals surface area contributed by atoms with Crippen molar-refractivity contribution in [3.63, 3.8) is 0 Å². The van der Waals surface area contributed by atoms with E-state index in [-0.39, 0.29) is 61.1 Å². The number of nitrogens with zero attached hydrogens (tertiary/aromatic N) is 4. The predicted molar refractivity (Wildman–Crippen MR) is 321 cm³/mol. The number of hydrogen-bond donors (Lipinski definition) is 12. The van der Waals surface area contributed by atoms with Gasteiger partial charge >= 0.3 is 0 Å². The van der Waals surface area contributed by atoms with Crippen molar-refractivity contribution in [1.82, 2.24) is 51.5 Å². The minimum absolute atomic E-state index is 0.0712. The Bertz CT molecular complexity index is 2080. The van der Waals surface area contributed by atoms with Gasteiger partial charge < -0.3 is 76.1 Å². The molecule has 442 valence electrons. The molecule has 0 bridgehead atoms. The first-order valence-electron chi connectivity index (χ1n) is 28.2.